The molecule has 0 aromatic heterocycles. The quantitative estimate of drug-likeness (QED) is 0.626. The molecule has 6 nitrogen and oxygen atoms in total. The molecule has 1 heterocycles. The summed E-state index contributed by atoms with van der Waals surface area (Å²) in [5.41, 5.74) is 1.81. The Hall–Kier alpha value is -2.19. The van der Waals surface area contributed by atoms with Crippen LogP contribution in [0, 0.1) is 5.92 Å². The second kappa shape index (κ2) is 8.51. The monoisotopic (exact) mass is 445 g/mol. The Morgan fingerprint density at radius 2 is 1.87 bits per heavy atom. The molecule has 4 rings (SSSR count). The number of nitrogens with zero attached hydrogens (tertiary/aromatic N) is 2. The molecule has 0 unspecified atom stereocenters. The molecule has 1 aliphatic heterocycles. The fourth-order valence-corrected chi connectivity index (χ4v) is 4.93. The summed E-state index contributed by atoms with van der Waals surface area (Å²) in [5, 5.41) is 25.2. The smallest absolute Gasteiger partial charge is 0.228 e. The number of aliphatic hydroxyl groups is 2. The average Bonchev–Trinajstić information content (AvgIpc) is 3.09. The van der Waals surface area contributed by atoms with Crippen LogP contribution in [0.1, 0.15) is 12.0 Å². The summed E-state index contributed by atoms with van der Waals surface area (Å²) in [4.78, 5) is 17.0. The van der Waals surface area contributed by atoms with Gasteiger partial charge in [-0.25, -0.2) is 0 Å². The van der Waals surface area contributed by atoms with Crippen molar-refractivity contribution in [1.29, 1.82) is 0 Å². The molecule has 0 radical (unpaired) electrons. The number of amides is 1. The number of anilines is 1. The van der Waals surface area contributed by atoms with Crippen LogP contribution in [0.15, 0.2) is 54.6 Å². The SMILES string of the molecule is CN(Cc1ccccc1)C(=O)[C@H]1C[C@@H](O)[C@H](O)[C@H]2NC(=S)N(c3ccc(Cl)cc3)[C@@H]21. The highest BCUT2D eigenvalue weighted by atomic mass is 35.5. The Labute approximate surface area is 186 Å². The number of benzene rings is 2. The van der Waals surface area contributed by atoms with Crippen LogP contribution in [-0.2, 0) is 11.3 Å². The van der Waals surface area contributed by atoms with Gasteiger partial charge >= 0.3 is 0 Å². The first-order valence-corrected chi connectivity index (χ1v) is 10.7. The van der Waals surface area contributed by atoms with Crippen molar-refractivity contribution in [2.24, 2.45) is 5.92 Å². The van der Waals surface area contributed by atoms with Crippen LogP contribution in [0.3, 0.4) is 0 Å². The first-order valence-electron chi connectivity index (χ1n) is 9.87. The highest BCUT2D eigenvalue weighted by Gasteiger charge is 2.54. The third-order valence-electron chi connectivity index (χ3n) is 5.91. The first kappa shape index (κ1) is 21.1. The molecule has 2 aromatic carbocycles. The summed E-state index contributed by atoms with van der Waals surface area (Å²) >= 11 is 11.6. The Morgan fingerprint density at radius 3 is 2.53 bits per heavy atom. The normalized spacial score (nSPS) is 28.1. The molecule has 0 spiro atoms. The molecule has 2 aromatic rings. The van der Waals surface area contributed by atoms with E-state index in [2.05, 4.69) is 5.32 Å². The molecule has 1 amide bonds. The highest BCUT2D eigenvalue weighted by molar-refractivity contribution is 7.80. The molecule has 1 saturated carbocycles. The third kappa shape index (κ3) is 3.90. The molecule has 3 N–H and O–H groups in total. The zero-order chi connectivity index (χ0) is 21.4. The molecular weight excluding hydrogens is 422 g/mol. The van der Waals surface area contributed by atoms with Gasteiger partial charge in [-0.15, -0.1) is 0 Å². The second-order valence-electron chi connectivity index (χ2n) is 7.89. The van der Waals surface area contributed by atoms with Crippen LogP contribution in [0.4, 0.5) is 5.69 Å². The van der Waals surface area contributed by atoms with Gasteiger partial charge in [0.05, 0.1) is 24.1 Å². The minimum absolute atomic E-state index is 0.0923. The van der Waals surface area contributed by atoms with Gasteiger partial charge in [0.1, 0.15) is 6.10 Å². The van der Waals surface area contributed by atoms with Crippen LogP contribution in [0.5, 0.6) is 0 Å². The van der Waals surface area contributed by atoms with E-state index in [9.17, 15) is 15.0 Å². The van der Waals surface area contributed by atoms with Crippen LogP contribution in [-0.4, -0.2) is 57.5 Å². The standard InChI is InChI=1S/C22H24ClN3O3S/c1-25(12-13-5-3-2-4-6-13)21(29)16-11-17(27)20(28)18-19(16)26(22(30)24-18)15-9-7-14(23)8-10-15/h2-10,16-20,27-28H,11-12H2,1H3,(H,24,30)/t16-,17+,18-,19+,20-/m0/s1. The maximum Gasteiger partial charge on any atom is 0.228 e. The number of thiocarbonyl (C=S) groups is 1. The van der Waals surface area contributed by atoms with E-state index in [-0.39, 0.29) is 12.3 Å². The minimum Gasteiger partial charge on any atom is -0.390 e. The number of halogens is 1. The summed E-state index contributed by atoms with van der Waals surface area (Å²) < 4.78 is 0. The number of carbonyl (C=O) groups is 1. The van der Waals surface area contributed by atoms with Gasteiger partial charge in [-0.2, -0.15) is 0 Å². The van der Waals surface area contributed by atoms with Crippen molar-refractivity contribution in [3.8, 4) is 0 Å². The molecule has 0 bridgehead atoms. The topological polar surface area (TPSA) is 76.0 Å². The molecular formula is C22H24ClN3O3S. The summed E-state index contributed by atoms with van der Waals surface area (Å²) in [5.74, 6) is -0.629. The van der Waals surface area contributed by atoms with Crippen molar-refractivity contribution >= 4 is 40.5 Å². The van der Waals surface area contributed by atoms with Crippen LogP contribution < -0.4 is 10.2 Å². The van der Waals surface area contributed by atoms with E-state index in [0.717, 1.165) is 11.3 Å². The predicted molar refractivity (Wildman–Crippen MR) is 120 cm³/mol. The molecule has 158 valence electrons. The largest absolute Gasteiger partial charge is 0.390 e. The Bertz CT molecular complexity index is 927. The van der Waals surface area contributed by atoms with Crippen molar-refractivity contribution in [1.82, 2.24) is 10.2 Å². The number of carbonyl (C=O) groups excluding carboxylic acids is 1. The van der Waals surface area contributed by atoms with Gasteiger partial charge in [0, 0.05) is 24.3 Å². The highest BCUT2D eigenvalue weighted by Crippen LogP contribution is 2.37. The van der Waals surface area contributed by atoms with Crippen molar-refractivity contribution in [2.75, 3.05) is 11.9 Å². The van der Waals surface area contributed by atoms with Gasteiger partial charge in [-0.1, -0.05) is 41.9 Å². The van der Waals surface area contributed by atoms with Crippen molar-refractivity contribution in [3.63, 3.8) is 0 Å². The second-order valence-corrected chi connectivity index (χ2v) is 8.72. The Balaban J connectivity index is 1.64. The maximum absolute atomic E-state index is 13.4. The van der Waals surface area contributed by atoms with Gasteiger partial charge in [0.15, 0.2) is 5.11 Å². The van der Waals surface area contributed by atoms with Crippen molar-refractivity contribution in [2.45, 2.75) is 37.3 Å². The van der Waals surface area contributed by atoms with Crippen LogP contribution >= 0.6 is 23.8 Å². The molecule has 30 heavy (non-hydrogen) atoms. The lowest BCUT2D eigenvalue weighted by atomic mass is 9.77. The van der Waals surface area contributed by atoms with E-state index in [4.69, 9.17) is 23.8 Å². The number of nitrogens with one attached hydrogen (secondary N) is 1. The number of hydrogen-bond donors (Lipinski definition) is 3. The van der Waals surface area contributed by atoms with Gasteiger partial charge in [0.25, 0.3) is 0 Å². The van der Waals surface area contributed by atoms with E-state index in [1.54, 1.807) is 24.1 Å². The third-order valence-corrected chi connectivity index (χ3v) is 6.47. The maximum atomic E-state index is 13.4. The number of rotatable bonds is 4. The summed E-state index contributed by atoms with van der Waals surface area (Å²) in [6, 6.07) is 16.0. The number of fused-ring (bicyclic) bond motifs is 1. The molecule has 1 aliphatic carbocycles. The fraction of sp³-hybridized carbons (Fsp3) is 0.364. The zero-order valence-corrected chi connectivity index (χ0v) is 18.1. The summed E-state index contributed by atoms with van der Waals surface area (Å²) in [7, 11) is 1.76. The molecule has 2 aliphatic rings. The number of hydrogen-bond acceptors (Lipinski definition) is 4. The molecule has 8 heteroatoms. The van der Waals surface area contributed by atoms with E-state index in [1.165, 1.54) is 0 Å². The minimum atomic E-state index is -1.02. The average molecular weight is 446 g/mol. The number of aliphatic hydroxyl groups excluding tert-OH is 2. The lowest BCUT2D eigenvalue weighted by Gasteiger charge is -2.42. The van der Waals surface area contributed by atoms with Crippen LogP contribution in [0.2, 0.25) is 5.02 Å². The van der Waals surface area contributed by atoms with Gasteiger partial charge < -0.3 is 25.3 Å². The fourth-order valence-electron chi connectivity index (χ4n) is 4.45. The van der Waals surface area contributed by atoms with Crippen LogP contribution in [0.25, 0.3) is 0 Å². The van der Waals surface area contributed by atoms with E-state index in [1.807, 2.05) is 47.4 Å². The van der Waals surface area contributed by atoms with Gasteiger partial charge in [-0.3, -0.25) is 4.79 Å². The summed E-state index contributed by atoms with van der Waals surface area (Å²) in [6.45, 7) is 0.463. The zero-order valence-electron chi connectivity index (χ0n) is 16.5. The summed E-state index contributed by atoms with van der Waals surface area (Å²) in [6.07, 6.45) is -1.87. The van der Waals surface area contributed by atoms with Gasteiger partial charge in [-0.05, 0) is 48.5 Å². The van der Waals surface area contributed by atoms with Crippen molar-refractivity contribution in [3.05, 3.63) is 65.2 Å². The first-order chi connectivity index (χ1) is 14.4. The van der Waals surface area contributed by atoms with E-state index < -0.39 is 30.2 Å². The Kier molecular flexibility index (Phi) is 5.97. The Morgan fingerprint density at radius 1 is 1.20 bits per heavy atom. The van der Waals surface area contributed by atoms with Gasteiger partial charge in [0.2, 0.25) is 5.91 Å². The van der Waals surface area contributed by atoms with Crippen molar-refractivity contribution < 1.29 is 15.0 Å². The van der Waals surface area contributed by atoms with E-state index >= 15 is 0 Å². The predicted octanol–water partition coefficient (Wildman–Crippen LogP) is 2.17. The lowest BCUT2D eigenvalue weighted by molar-refractivity contribution is -0.141. The lowest BCUT2D eigenvalue weighted by Crippen LogP contribution is -2.61. The molecule has 1 saturated heterocycles. The molecule has 5 atom stereocenters. The van der Waals surface area contributed by atoms with E-state index in [0.29, 0.717) is 16.7 Å². The molecule has 2 fully saturated rings.